The number of nitrogens with one attached hydrogen (secondary N) is 1. The molecule has 1 heterocycles. The zero-order chi connectivity index (χ0) is 18.4. The number of rotatable bonds is 5. The van der Waals surface area contributed by atoms with Crippen LogP contribution in [0.25, 0.3) is 0 Å². The van der Waals surface area contributed by atoms with E-state index in [1.165, 1.54) is 13.8 Å². The fourth-order valence-corrected chi connectivity index (χ4v) is 2.31. The van der Waals surface area contributed by atoms with Crippen LogP contribution in [0.4, 0.5) is 0 Å². The van der Waals surface area contributed by atoms with Crippen LogP contribution >= 0.6 is 0 Å². The third-order valence-corrected chi connectivity index (χ3v) is 3.09. The lowest BCUT2D eigenvalue weighted by Crippen LogP contribution is -2.66. The molecule has 136 valence electrons. The molecule has 1 aliphatic heterocycles. The predicted molar refractivity (Wildman–Crippen MR) is 76.2 cm³/mol. The van der Waals surface area contributed by atoms with E-state index in [0.29, 0.717) is 0 Å². The molecule has 24 heavy (non-hydrogen) atoms. The highest BCUT2D eigenvalue weighted by Crippen LogP contribution is 2.26. The van der Waals surface area contributed by atoms with E-state index in [1.807, 2.05) is 0 Å². The molecule has 10 nitrogen and oxygen atoms in total. The summed E-state index contributed by atoms with van der Waals surface area (Å²) in [6, 6.07) is -1.16. The molecule has 10 heteroatoms. The van der Waals surface area contributed by atoms with Crippen LogP contribution < -0.4 is 5.32 Å². The molecule has 1 rings (SSSR count). The Morgan fingerprint density at radius 2 is 1.50 bits per heavy atom. The van der Waals surface area contributed by atoms with Gasteiger partial charge in [-0.1, -0.05) is 0 Å². The number of ether oxygens (including phenoxy) is 4. The molecule has 0 saturated carbocycles. The van der Waals surface area contributed by atoms with Crippen LogP contribution in [0.2, 0.25) is 0 Å². The molecule has 1 unspecified atom stereocenters. The van der Waals surface area contributed by atoms with Gasteiger partial charge >= 0.3 is 17.9 Å². The van der Waals surface area contributed by atoms with Crippen molar-refractivity contribution in [2.45, 2.75) is 58.3 Å². The van der Waals surface area contributed by atoms with Crippen LogP contribution in [0.5, 0.6) is 0 Å². The highest BCUT2D eigenvalue weighted by Gasteiger charge is 2.50. The number of amides is 1. The van der Waals surface area contributed by atoms with Gasteiger partial charge in [-0.15, -0.1) is 0 Å². The van der Waals surface area contributed by atoms with Gasteiger partial charge in [0, 0.05) is 27.7 Å². The van der Waals surface area contributed by atoms with E-state index in [9.17, 15) is 24.3 Å². The van der Waals surface area contributed by atoms with Crippen LogP contribution in [0.3, 0.4) is 0 Å². The summed E-state index contributed by atoms with van der Waals surface area (Å²) in [6.07, 6.45) is -5.06. The molecule has 0 spiro atoms. The molecule has 1 amide bonds. The molecule has 0 radical (unpaired) electrons. The van der Waals surface area contributed by atoms with Crippen LogP contribution in [-0.2, 0) is 38.1 Å². The minimum absolute atomic E-state index is 0.338. The molecule has 1 fully saturated rings. The molecule has 0 aromatic rings. The Morgan fingerprint density at radius 1 is 0.958 bits per heavy atom. The second-order valence-corrected chi connectivity index (χ2v) is 5.24. The fourth-order valence-electron chi connectivity index (χ4n) is 2.31. The molecule has 1 saturated heterocycles. The maximum Gasteiger partial charge on any atom is 0.303 e. The minimum atomic E-state index is -1.56. The molecule has 0 aromatic heterocycles. The summed E-state index contributed by atoms with van der Waals surface area (Å²) in [4.78, 5) is 45.0. The molecule has 5 atom stereocenters. The Kier molecular flexibility index (Phi) is 7.11. The number of carbonyl (C=O) groups excluding carboxylic acids is 4. The van der Waals surface area contributed by atoms with Gasteiger partial charge in [-0.05, 0) is 0 Å². The van der Waals surface area contributed by atoms with Crippen molar-refractivity contribution in [1.29, 1.82) is 0 Å². The van der Waals surface area contributed by atoms with Crippen molar-refractivity contribution in [3.8, 4) is 0 Å². The van der Waals surface area contributed by atoms with Gasteiger partial charge in [0.15, 0.2) is 18.5 Å². The second-order valence-electron chi connectivity index (χ2n) is 5.24. The van der Waals surface area contributed by atoms with E-state index in [1.54, 1.807) is 0 Å². The summed E-state index contributed by atoms with van der Waals surface area (Å²) in [5.41, 5.74) is 0. The SMILES string of the molecule is CC(=O)N[C@H]1C(O)O[C@H](COC(C)=O)[C@@H](OC(C)=O)[C@@H]1OC(C)=O. The summed E-state index contributed by atoms with van der Waals surface area (Å²) in [5, 5.41) is 12.5. The van der Waals surface area contributed by atoms with Crippen molar-refractivity contribution in [3.63, 3.8) is 0 Å². The van der Waals surface area contributed by atoms with Crippen molar-refractivity contribution in [2.24, 2.45) is 0 Å². The Morgan fingerprint density at radius 3 is 1.96 bits per heavy atom. The number of carbonyl (C=O) groups is 4. The van der Waals surface area contributed by atoms with E-state index in [2.05, 4.69) is 5.32 Å². The van der Waals surface area contributed by atoms with Gasteiger partial charge in [0.1, 0.15) is 18.8 Å². The molecule has 0 bridgehead atoms. The highest BCUT2D eigenvalue weighted by atomic mass is 16.7. The van der Waals surface area contributed by atoms with Gasteiger partial charge in [-0.3, -0.25) is 19.2 Å². The number of esters is 3. The largest absolute Gasteiger partial charge is 0.463 e. The quantitative estimate of drug-likeness (QED) is 0.456. The molecule has 0 aromatic carbocycles. The fraction of sp³-hybridized carbons (Fsp3) is 0.714. The van der Waals surface area contributed by atoms with Gasteiger partial charge < -0.3 is 29.4 Å². The number of hydrogen-bond donors (Lipinski definition) is 2. The predicted octanol–water partition coefficient (Wildman–Crippen LogP) is -1.37. The third kappa shape index (κ3) is 5.78. The van der Waals surface area contributed by atoms with E-state index in [0.717, 1.165) is 13.8 Å². The molecule has 2 N–H and O–H groups in total. The maximum absolute atomic E-state index is 11.4. The Labute approximate surface area is 138 Å². The summed E-state index contributed by atoms with van der Waals surface area (Å²) in [5.74, 6) is -2.54. The first-order valence-electron chi connectivity index (χ1n) is 7.20. The van der Waals surface area contributed by atoms with Crippen molar-refractivity contribution in [2.75, 3.05) is 6.61 Å². The summed E-state index contributed by atoms with van der Waals surface area (Å²) < 4.78 is 20.3. The Hall–Kier alpha value is -2.20. The van der Waals surface area contributed by atoms with Gasteiger partial charge in [0.05, 0.1) is 0 Å². The first kappa shape index (κ1) is 19.8. The topological polar surface area (TPSA) is 137 Å². The lowest BCUT2D eigenvalue weighted by molar-refractivity contribution is -0.264. The number of aliphatic hydroxyl groups is 1. The first-order chi connectivity index (χ1) is 11.1. The zero-order valence-electron chi connectivity index (χ0n) is 13.8. The third-order valence-electron chi connectivity index (χ3n) is 3.09. The number of hydrogen-bond acceptors (Lipinski definition) is 9. The van der Waals surface area contributed by atoms with Gasteiger partial charge in [0.2, 0.25) is 5.91 Å². The van der Waals surface area contributed by atoms with Crippen LogP contribution in [0, 0.1) is 0 Å². The summed E-state index contributed by atoms with van der Waals surface area (Å²) >= 11 is 0. The van der Waals surface area contributed by atoms with Gasteiger partial charge in [-0.2, -0.15) is 0 Å². The lowest BCUT2D eigenvalue weighted by Gasteiger charge is -2.43. The lowest BCUT2D eigenvalue weighted by atomic mass is 9.96. The minimum Gasteiger partial charge on any atom is -0.463 e. The van der Waals surface area contributed by atoms with E-state index in [-0.39, 0.29) is 6.61 Å². The van der Waals surface area contributed by atoms with Gasteiger partial charge in [-0.25, -0.2) is 0 Å². The summed E-state index contributed by atoms with van der Waals surface area (Å²) in [6.45, 7) is 4.28. The van der Waals surface area contributed by atoms with Crippen LogP contribution in [-0.4, -0.2) is 66.2 Å². The Bertz CT molecular complexity index is 506. The number of aliphatic hydroxyl groups excluding tert-OH is 1. The zero-order valence-corrected chi connectivity index (χ0v) is 13.8. The smallest absolute Gasteiger partial charge is 0.303 e. The Balaban J connectivity index is 3.11. The van der Waals surface area contributed by atoms with Crippen molar-refractivity contribution in [3.05, 3.63) is 0 Å². The second kappa shape index (κ2) is 8.60. The standard InChI is InChI=1S/C14H21NO9/c1-6(16)15-11-13(23-9(4)19)12(22-8(3)18)10(24-14(11)20)5-21-7(2)17/h10-14,20H,5H2,1-4H3,(H,15,16)/t10-,11-,12-,13-,14?/m1/s1. The molecule has 1 aliphatic rings. The average molecular weight is 347 g/mol. The van der Waals surface area contributed by atoms with Crippen LogP contribution in [0.1, 0.15) is 27.7 Å². The summed E-state index contributed by atoms with van der Waals surface area (Å²) in [7, 11) is 0. The van der Waals surface area contributed by atoms with E-state index < -0.39 is 54.5 Å². The van der Waals surface area contributed by atoms with Crippen molar-refractivity contribution >= 4 is 23.8 Å². The van der Waals surface area contributed by atoms with Crippen molar-refractivity contribution < 1.29 is 43.2 Å². The first-order valence-corrected chi connectivity index (χ1v) is 7.20. The molecular formula is C14H21NO9. The molecular weight excluding hydrogens is 326 g/mol. The van der Waals surface area contributed by atoms with E-state index in [4.69, 9.17) is 18.9 Å². The normalized spacial score (nSPS) is 29.3. The highest BCUT2D eigenvalue weighted by molar-refractivity contribution is 5.73. The van der Waals surface area contributed by atoms with Crippen LogP contribution in [0.15, 0.2) is 0 Å². The van der Waals surface area contributed by atoms with E-state index >= 15 is 0 Å². The average Bonchev–Trinajstić information content (AvgIpc) is 2.42. The molecule has 0 aliphatic carbocycles. The maximum atomic E-state index is 11.4. The van der Waals surface area contributed by atoms with Crippen molar-refractivity contribution in [1.82, 2.24) is 5.32 Å². The monoisotopic (exact) mass is 347 g/mol. The van der Waals surface area contributed by atoms with Gasteiger partial charge in [0.25, 0.3) is 0 Å².